The van der Waals surface area contributed by atoms with Crippen molar-refractivity contribution in [1.82, 2.24) is 5.48 Å². The molecule has 3 heteroatoms. The molecule has 0 atom stereocenters. The van der Waals surface area contributed by atoms with Crippen molar-refractivity contribution < 1.29 is 9.57 Å². The van der Waals surface area contributed by atoms with Crippen LogP contribution in [0.1, 0.15) is 11.1 Å². The van der Waals surface area contributed by atoms with Crippen molar-refractivity contribution in [3.8, 4) is 18.1 Å². The molecule has 0 aromatic heterocycles. The lowest BCUT2D eigenvalue weighted by molar-refractivity contribution is 0.0231. The molecule has 0 spiro atoms. The van der Waals surface area contributed by atoms with Crippen molar-refractivity contribution >= 4 is 0 Å². The Morgan fingerprint density at radius 1 is 1.00 bits per heavy atom. The van der Waals surface area contributed by atoms with E-state index in [0.717, 1.165) is 16.9 Å². The van der Waals surface area contributed by atoms with Crippen LogP contribution in [0.3, 0.4) is 0 Å². The second-order valence-electron chi connectivity index (χ2n) is 4.20. The smallest absolute Gasteiger partial charge is 0.148 e. The summed E-state index contributed by atoms with van der Waals surface area (Å²) in [5.74, 6) is 3.24. The summed E-state index contributed by atoms with van der Waals surface area (Å²) >= 11 is 0. The van der Waals surface area contributed by atoms with Crippen LogP contribution in [0.25, 0.3) is 0 Å². The van der Waals surface area contributed by atoms with E-state index in [9.17, 15) is 0 Å². The Labute approximate surface area is 119 Å². The molecule has 20 heavy (non-hydrogen) atoms. The summed E-state index contributed by atoms with van der Waals surface area (Å²) in [6.45, 7) is 1.35. The first-order valence-corrected chi connectivity index (χ1v) is 6.43. The lowest BCUT2D eigenvalue weighted by Gasteiger charge is -2.10. The highest BCUT2D eigenvalue weighted by Crippen LogP contribution is 2.17. The topological polar surface area (TPSA) is 30.5 Å². The van der Waals surface area contributed by atoms with Crippen LogP contribution in [0, 0.1) is 12.3 Å². The molecule has 1 N–H and O–H groups in total. The lowest BCUT2D eigenvalue weighted by atomic mass is 10.2. The second kappa shape index (κ2) is 8.00. The molecular weight excluding hydrogens is 250 g/mol. The highest BCUT2D eigenvalue weighted by atomic mass is 16.6. The molecule has 0 bridgehead atoms. The van der Waals surface area contributed by atoms with Gasteiger partial charge in [-0.1, -0.05) is 54.5 Å². The molecule has 0 radical (unpaired) electrons. The van der Waals surface area contributed by atoms with Crippen molar-refractivity contribution in [1.29, 1.82) is 0 Å². The molecule has 0 aliphatic carbocycles. The predicted octanol–water partition coefficient (Wildman–Crippen LogP) is 2.92. The van der Waals surface area contributed by atoms with E-state index < -0.39 is 0 Å². The molecule has 2 aromatic rings. The molecule has 3 nitrogen and oxygen atoms in total. The standard InChI is InChI=1S/C17H17NO2/c1-2-12-19-17-11-7-6-10-16(17)13-18-20-14-15-8-4-3-5-9-15/h1,3-11,18H,12-14H2. The van der Waals surface area contributed by atoms with Crippen LogP contribution in [-0.2, 0) is 18.0 Å². The van der Waals surface area contributed by atoms with E-state index >= 15 is 0 Å². The Bertz CT molecular complexity index is 561. The summed E-state index contributed by atoms with van der Waals surface area (Å²) in [7, 11) is 0. The quantitative estimate of drug-likeness (QED) is 0.475. The van der Waals surface area contributed by atoms with Gasteiger partial charge in [0.05, 0.1) is 6.61 Å². The van der Waals surface area contributed by atoms with Gasteiger partial charge in [0, 0.05) is 12.1 Å². The fraction of sp³-hybridized carbons (Fsp3) is 0.176. The summed E-state index contributed by atoms with van der Waals surface area (Å²) in [6, 6.07) is 17.7. The van der Waals surface area contributed by atoms with Crippen LogP contribution in [0.15, 0.2) is 54.6 Å². The summed E-state index contributed by atoms with van der Waals surface area (Å²) in [5, 5.41) is 0. The summed E-state index contributed by atoms with van der Waals surface area (Å²) < 4.78 is 5.47. The Morgan fingerprint density at radius 2 is 1.75 bits per heavy atom. The maximum atomic E-state index is 5.47. The average molecular weight is 267 g/mol. The molecule has 102 valence electrons. The minimum atomic E-state index is 0.266. The number of ether oxygens (including phenoxy) is 1. The molecule has 2 rings (SSSR count). The maximum Gasteiger partial charge on any atom is 0.148 e. The van der Waals surface area contributed by atoms with Crippen molar-refractivity contribution in [3.05, 3.63) is 65.7 Å². The number of para-hydroxylation sites is 1. The molecule has 0 heterocycles. The molecule has 0 aliphatic rings. The van der Waals surface area contributed by atoms with Crippen LogP contribution in [-0.4, -0.2) is 6.61 Å². The van der Waals surface area contributed by atoms with Gasteiger partial charge >= 0.3 is 0 Å². The first kappa shape index (κ1) is 14.1. The normalized spacial score (nSPS) is 9.95. The fourth-order valence-corrected chi connectivity index (χ4v) is 1.75. The fourth-order valence-electron chi connectivity index (χ4n) is 1.75. The van der Waals surface area contributed by atoms with Gasteiger partial charge < -0.3 is 4.74 Å². The Hall–Kier alpha value is -2.28. The number of hydroxylamine groups is 1. The van der Waals surface area contributed by atoms with Crippen LogP contribution in [0.2, 0.25) is 0 Å². The number of hydrogen-bond acceptors (Lipinski definition) is 3. The van der Waals surface area contributed by atoms with Gasteiger partial charge in [-0.3, -0.25) is 4.84 Å². The summed E-state index contributed by atoms with van der Waals surface area (Å²) in [5.41, 5.74) is 5.07. The van der Waals surface area contributed by atoms with E-state index in [0.29, 0.717) is 13.2 Å². The highest BCUT2D eigenvalue weighted by Gasteiger charge is 2.02. The Kier molecular flexibility index (Phi) is 5.66. The maximum absolute atomic E-state index is 5.47. The van der Waals surface area contributed by atoms with Crippen molar-refractivity contribution in [2.75, 3.05) is 6.61 Å². The van der Waals surface area contributed by atoms with Crippen LogP contribution in [0.5, 0.6) is 5.75 Å². The molecule has 0 saturated heterocycles. The third-order valence-electron chi connectivity index (χ3n) is 2.73. The van der Waals surface area contributed by atoms with Gasteiger partial charge in [0.2, 0.25) is 0 Å². The van der Waals surface area contributed by atoms with Gasteiger partial charge in [-0.25, -0.2) is 0 Å². The monoisotopic (exact) mass is 267 g/mol. The van der Waals surface area contributed by atoms with Crippen LogP contribution >= 0.6 is 0 Å². The minimum Gasteiger partial charge on any atom is -0.481 e. The SMILES string of the molecule is C#CCOc1ccccc1CNOCc1ccccc1. The summed E-state index contributed by atoms with van der Waals surface area (Å²) in [6.07, 6.45) is 5.20. The van der Waals surface area contributed by atoms with E-state index in [1.807, 2.05) is 54.6 Å². The van der Waals surface area contributed by atoms with Gasteiger partial charge in [0.25, 0.3) is 0 Å². The molecular formula is C17H17NO2. The number of nitrogens with one attached hydrogen (secondary N) is 1. The van der Waals surface area contributed by atoms with Gasteiger partial charge in [-0.15, -0.1) is 6.42 Å². The number of rotatable bonds is 7. The zero-order chi connectivity index (χ0) is 14.0. The molecule has 0 fully saturated rings. The minimum absolute atomic E-state index is 0.266. The highest BCUT2D eigenvalue weighted by molar-refractivity contribution is 5.33. The number of benzene rings is 2. The second-order valence-corrected chi connectivity index (χ2v) is 4.20. The first-order chi connectivity index (χ1) is 9.90. The van der Waals surface area contributed by atoms with E-state index in [1.165, 1.54) is 0 Å². The zero-order valence-electron chi connectivity index (χ0n) is 11.2. The molecule has 0 saturated carbocycles. The largest absolute Gasteiger partial charge is 0.481 e. The average Bonchev–Trinajstić information content (AvgIpc) is 2.51. The zero-order valence-corrected chi connectivity index (χ0v) is 11.2. The lowest BCUT2D eigenvalue weighted by Crippen LogP contribution is -2.14. The van der Waals surface area contributed by atoms with Crippen molar-refractivity contribution in [2.45, 2.75) is 13.2 Å². The third kappa shape index (κ3) is 4.43. The molecule has 2 aromatic carbocycles. The van der Waals surface area contributed by atoms with E-state index in [2.05, 4.69) is 11.4 Å². The third-order valence-corrected chi connectivity index (χ3v) is 2.73. The van der Waals surface area contributed by atoms with E-state index in [1.54, 1.807) is 0 Å². The molecule has 0 amide bonds. The first-order valence-electron chi connectivity index (χ1n) is 6.43. The molecule has 0 aliphatic heterocycles. The van der Waals surface area contributed by atoms with Gasteiger partial charge in [-0.05, 0) is 11.6 Å². The Morgan fingerprint density at radius 3 is 2.55 bits per heavy atom. The summed E-state index contributed by atoms with van der Waals surface area (Å²) in [4.78, 5) is 5.44. The van der Waals surface area contributed by atoms with Crippen LogP contribution in [0.4, 0.5) is 0 Å². The Balaban J connectivity index is 1.80. The van der Waals surface area contributed by atoms with Crippen molar-refractivity contribution in [3.63, 3.8) is 0 Å². The number of hydrogen-bond donors (Lipinski definition) is 1. The van der Waals surface area contributed by atoms with E-state index in [-0.39, 0.29) is 6.61 Å². The van der Waals surface area contributed by atoms with E-state index in [4.69, 9.17) is 16.0 Å². The van der Waals surface area contributed by atoms with Crippen molar-refractivity contribution in [2.24, 2.45) is 0 Å². The molecule has 0 unspecified atom stereocenters. The van der Waals surface area contributed by atoms with Gasteiger partial charge in [0.1, 0.15) is 12.4 Å². The van der Waals surface area contributed by atoms with Gasteiger partial charge in [-0.2, -0.15) is 5.48 Å². The van der Waals surface area contributed by atoms with Gasteiger partial charge in [0.15, 0.2) is 0 Å². The van der Waals surface area contributed by atoms with Crippen LogP contribution < -0.4 is 10.2 Å². The predicted molar refractivity (Wildman–Crippen MR) is 78.8 cm³/mol. The number of terminal acetylenes is 1.